The topological polar surface area (TPSA) is 58.6 Å². The van der Waals surface area contributed by atoms with Crippen molar-refractivity contribution in [3.63, 3.8) is 0 Å². The third-order valence-corrected chi connectivity index (χ3v) is 4.33. The van der Waals surface area contributed by atoms with Crippen LogP contribution < -0.4 is 10.1 Å². The fourth-order valence-corrected chi connectivity index (χ4v) is 3.26. The standard InChI is InChI=1S/C17H15NO3/c19-17(20)11-5-6-13-15(8-11)21-9-12-7-10-3-1-2-4-14(10)18-16(12)13/h1-6,8,12,16,18H,7,9H2,(H,19,20). The van der Waals surface area contributed by atoms with Crippen LogP contribution in [-0.4, -0.2) is 17.7 Å². The maximum Gasteiger partial charge on any atom is 0.335 e. The van der Waals surface area contributed by atoms with E-state index in [9.17, 15) is 4.79 Å². The van der Waals surface area contributed by atoms with Gasteiger partial charge >= 0.3 is 5.97 Å². The van der Waals surface area contributed by atoms with Gasteiger partial charge in [0.1, 0.15) is 5.75 Å². The van der Waals surface area contributed by atoms with Crippen molar-refractivity contribution < 1.29 is 14.6 Å². The Hall–Kier alpha value is -2.49. The van der Waals surface area contributed by atoms with E-state index in [1.54, 1.807) is 12.1 Å². The van der Waals surface area contributed by atoms with Gasteiger partial charge < -0.3 is 15.2 Å². The van der Waals surface area contributed by atoms with E-state index in [-0.39, 0.29) is 11.6 Å². The first-order valence-corrected chi connectivity index (χ1v) is 7.07. The number of benzene rings is 2. The number of hydrogen-bond donors (Lipinski definition) is 2. The molecule has 0 bridgehead atoms. The average Bonchev–Trinajstić information content (AvgIpc) is 2.52. The number of para-hydroxylation sites is 1. The third kappa shape index (κ3) is 1.95. The highest BCUT2D eigenvalue weighted by Gasteiger charge is 2.35. The first kappa shape index (κ1) is 12.3. The van der Waals surface area contributed by atoms with E-state index in [0.29, 0.717) is 18.3 Å². The molecular formula is C17H15NO3. The van der Waals surface area contributed by atoms with Crippen molar-refractivity contribution in [2.45, 2.75) is 12.5 Å². The minimum atomic E-state index is -0.925. The molecule has 2 aromatic carbocycles. The van der Waals surface area contributed by atoms with Crippen molar-refractivity contribution in [3.05, 3.63) is 59.2 Å². The molecular weight excluding hydrogens is 266 g/mol. The Morgan fingerprint density at radius 3 is 2.95 bits per heavy atom. The molecule has 0 fully saturated rings. The summed E-state index contributed by atoms with van der Waals surface area (Å²) >= 11 is 0. The molecule has 2 atom stereocenters. The molecule has 4 nitrogen and oxygen atoms in total. The minimum Gasteiger partial charge on any atom is -0.493 e. The van der Waals surface area contributed by atoms with E-state index in [4.69, 9.17) is 9.84 Å². The van der Waals surface area contributed by atoms with Crippen molar-refractivity contribution in [2.75, 3.05) is 11.9 Å². The smallest absolute Gasteiger partial charge is 0.335 e. The van der Waals surface area contributed by atoms with Gasteiger partial charge in [0.2, 0.25) is 0 Å². The zero-order chi connectivity index (χ0) is 14.4. The maximum atomic E-state index is 11.1. The number of hydrogen-bond acceptors (Lipinski definition) is 3. The highest BCUT2D eigenvalue weighted by atomic mass is 16.5. The van der Waals surface area contributed by atoms with Crippen LogP contribution in [0.1, 0.15) is 27.5 Å². The number of carboxylic acids is 1. The largest absolute Gasteiger partial charge is 0.493 e. The summed E-state index contributed by atoms with van der Waals surface area (Å²) < 4.78 is 5.80. The molecule has 2 N–H and O–H groups in total. The van der Waals surface area contributed by atoms with Crippen LogP contribution in [0.4, 0.5) is 5.69 Å². The van der Waals surface area contributed by atoms with Crippen molar-refractivity contribution in [1.82, 2.24) is 0 Å². The number of aromatic carboxylic acids is 1. The van der Waals surface area contributed by atoms with Crippen molar-refractivity contribution in [3.8, 4) is 5.75 Å². The summed E-state index contributed by atoms with van der Waals surface area (Å²) in [5, 5.41) is 12.7. The predicted molar refractivity (Wildman–Crippen MR) is 78.9 cm³/mol. The summed E-state index contributed by atoms with van der Waals surface area (Å²) in [4.78, 5) is 11.1. The monoisotopic (exact) mass is 281 g/mol. The molecule has 0 radical (unpaired) electrons. The molecule has 0 saturated heterocycles. The van der Waals surface area contributed by atoms with Crippen LogP contribution in [0.2, 0.25) is 0 Å². The second-order valence-corrected chi connectivity index (χ2v) is 5.61. The van der Waals surface area contributed by atoms with Crippen LogP contribution in [-0.2, 0) is 6.42 Å². The lowest BCUT2D eigenvalue weighted by atomic mass is 9.82. The summed E-state index contributed by atoms with van der Waals surface area (Å²) in [6, 6.07) is 13.6. The average molecular weight is 281 g/mol. The van der Waals surface area contributed by atoms with E-state index >= 15 is 0 Å². The van der Waals surface area contributed by atoms with Gasteiger partial charge in [0.25, 0.3) is 0 Å². The number of nitrogens with one attached hydrogen (secondary N) is 1. The fraction of sp³-hybridized carbons (Fsp3) is 0.235. The molecule has 0 aromatic heterocycles. The first-order chi connectivity index (χ1) is 10.2. The van der Waals surface area contributed by atoms with Gasteiger partial charge in [0, 0.05) is 17.2 Å². The number of carbonyl (C=O) groups is 1. The number of carboxylic acid groups (broad SMARTS) is 1. The minimum absolute atomic E-state index is 0.187. The van der Waals surface area contributed by atoms with E-state index in [1.165, 1.54) is 5.56 Å². The van der Waals surface area contributed by atoms with Gasteiger partial charge in [-0.05, 0) is 30.2 Å². The molecule has 106 valence electrons. The van der Waals surface area contributed by atoms with Gasteiger partial charge in [0.15, 0.2) is 0 Å². The Kier molecular flexibility index (Phi) is 2.64. The maximum absolute atomic E-state index is 11.1. The Morgan fingerprint density at radius 1 is 1.24 bits per heavy atom. The number of ether oxygens (including phenoxy) is 1. The van der Waals surface area contributed by atoms with E-state index < -0.39 is 5.97 Å². The summed E-state index contributed by atoms with van der Waals surface area (Å²) in [5.74, 6) is 0.136. The van der Waals surface area contributed by atoms with E-state index in [0.717, 1.165) is 17.7 Å². The predicted octanol–water partition coefficient (Wildman–Crippen LogP) is 3.10. The third-order valence-electron chi connectivity index (χ3n) is 4.33. The van der Waals surface area contributed by atoms with Crippen LogP contribution >= 0.6 is 0 Å². The van der Waals surface area contributed by atoms with Crippen LogP contribution in [0.15, 0.2) is 42.5 Å². The van der Waals surface area contributed by atoms with Crippen LogP contribution in [0, 0.1) is 5.92 Å². The molecule has 0 aliphatic carbocycles. The first-order valence-electron chi connectivity index (χ1n) is 7.07. The highest BCUT2D eigenvalue weighted by Crippen LogP contribution is 2.43. The van der Waals surface area contributed by atoms with Gasteiger partial charge in [-0.25, -0.2) is 4.79 Å². The fourth-order valence-electron chi connectivity index (χ4n) is 3.26. The Labute approximate surface area is 122 Å². The lowest BCUT2D eigenvalue weighted by Crippen LogP contribution is -2.35. The zero-order valence-corrected chi connectivity index (χ0v) is 11.4. The zero-order valence-electron chi connectivity index (χ0n) is 11.4. The SMILES string of the molecule is O=C(O)c1ccc2c(c1)OCC1Cc3ccccc3NC21. The molecule has 4 heteroatoms. The van der Waals surface area contributed by atoms with Crippen molar-refractivity contribution in [2.24, 2.45) is 5.92 Å². The van der Waals surface area contributed by atoms with Gasteiger partial charge in [0.05, 0.1) is 18.2 Å². The number of rotatable bonds is 1. The molecule has 0 amide bonds. The lowest BCUT2D eigenvalue weighted by molar-refractivity contribution is 0.0696. The van der Waals surface area contributed by atoms with Gasteiger partial charge in [-0.2, -0.15) is 0 Å². The van der Waals surface area contributed by atoms with Gasteiger partial charge in [-0.1, -0.05) is 24.3 Å². The molecule has 21 heavy (non-hydrogen) atoms. The molecule has 2 aliphatic heterocycles. The Bertz CT molecular complexity index is 726. The summed E-state index contributed by atoms with van der Waals surface area (Å²) in [6.45, 7) is 0.613. The number of fused-ring (bicyclic) bond motifs is 4. The highest BCUT2D eigenvalue weighted by molar-refractivity contribution is 5.88. The molecule has 2 aromatic rings. The molecule has 0 saturated carbocycles. The van der Waals surface area contributed by atoms with E-state index in [1.807, 2.05) is 12.1 Å². The van der Waals surface area contributed by atoms with Crippen LogP contribution in [0.3, 0.4) is 0 Å². The summed E-state index contributed by atoms with van der Waals surface area (Å²) in [6.07, 6.45) is 0.980. The Balaban J connectivity index is 1.74. The van der Waals surface area contributed by atoms with E-state index in [2.05, 4.69) is 23.5 Å². The van der Waals surface area contributed by atoms with Crippen molar-refractivity contribution in [1.29, 1.82) is 0 Å². The molecule has 0 spiro atoms. The number of anilines is 1. The van der Waals surface area contributed by atoms with Crippen LogP contribution in [0.5, 0.6) is 5.75 Å². The van der Waals surface area contributed by atoms with Crippen LogP contribution in [0.25, 0.3) is 0 Å². The second-order valence-electron chi connectivity index (χ2n) is 5.61. The Morgan fingerprint density at radius 2 is 2.10 bits per heavy atom. The molecule has 4 rings (SSSR count). The summed E-state index contributed by atoms with van der Waals surface area (Å²) in [7, 11) is 0. The molecule has 2 unspecified atom stereocenters. The van der Waals surface area contributed by atoms with Gasteiger partial charge in [-0.15, -0.1) is 0 Å². The van der Waals surface area contributed by atoms with Gasteiger partial charge in [-0.3, -0.25) is 0 Å². The second kappa shape index (κ2) is 4.52. The molecule has 2 aliphatic rings. The normalized spacial score (nSPS) is 22.1. The molecule has 2 heterocycles. The summed E-state index contributed by atoms with van der Waals surface area (Å²) in [5.41, 5.74) is 3.79. The lowest BCUT2D eigenvalue weighted by Gasteiger charge is -2.39. The van der Waals surface area contributed by atoms with Crippen molar-refractivity contribution >= 4 is 11.7 Å². The quantitative estimate of drug-likeness (QED) is 0.843.